The predicted molar refractivity (Wildman–Crippen MR) is 79.4 cm³/mol. The van der Waals surface area contributed by atoms with Gasteiger partial charge in [-0.25, -0.2) is 13.2 Å². The Labute approximate surface area is 129 Å². The fourth-order valence-electron chi connectivity index (χ4n) is 2.48. The fraction of sp³-hybridized carbons (Fsp3) is 0.545. The van der Waals surface area contributed by atoms with Crippen LogP contribution in [-0.2, 0) is 10.0 Å². The molecule has 2 fully saturated rings. The van der Waals surface area contributed by atoms with Gasteiger partial charge < -0.3 is 10.2 Å². The van der Waals surface area contributed by atoms with E-state index in [2.05, 4.69) is 21.2 Å². The molecule has 2 amide bonds. The number of rotatable bonds is 2. The van der Waals surface area contributed by atoms with E-state index in [0.29, 0.717) is 30.4 Å². The van der Waals surface area contributed by atoms with E-state index in [1.54, 1.807) is 11.0 Å². The molecule has 1 N–H and O–H groups in total. The van der Waals surface area contributed by atoms with Gasteiger partial charge in [-0.1, -0.05) is 0 Å². The second-order valence-electron chi connectivity index (χ2n) is 4.92. The lowest BCUT2D eigenvalue weighted by molar-refractivity contribution is 0.164. The Kier molecular flexibility index (Phi) is 3.56. The Morgan fingerprint density at radius 3 is 2.85 bits per heavy atom. The number of nitrogens with one attached hydrogen (secondary N) is 1. The molecule has 1 unspecified atom stereocenters. The number of sulfonamides is 1. The molecule has 0 radical (unpaired) electrons. The van der Waals surface area contributed by atoms with Crippen LogP contribution in [-0.4, -0.2) is 55.9 Å². The van der Waals surface area contributed by atoms with Crippen LogP contribution in [0, 0.1) is 6.92 Å². The molecular weight excluding hydrogens is 366 g/mol. The van der Waals surface area contributed by atoms with Crippen molar-refractivity contribution in [1.29, 1.82) is 0 Å². The maximum atomic E-state index is 12.6. The number of carbonyl (C=O) groups excluding carboxylic acids is 1. The minimum absolute atomic E-state index is 0.0597. The van der Waals surface area contributed by atoms with Gasteiger partial charge in [-0.05, 0) is 34.5 Å². The van der Waals surface area contributed by atoms with Gasteiger partial charge in [-0.15, -0.1) is 11.3 Å². The Hall–Kier alpha value is -0.640. The van der Waals surface area contributed by atoms with Crippen LogP contribution < -0.4 is 5.32 Å². The molecule has 1 atom stereocenters. The molecule has 0 spiro atoms. The van der Waals surface area contributed by atoms with E-state index < -0.39 is 10.0 Å². The number of amides is 2. The van der Waals surface area contributed by atoms with Crippen molar-refractivity contribution in [3.05, 3.63) is 15.4 Å². The van der Waals surface area contributed by atoms with E-state index in [9.17, 15) is 13.2 Å². The highest BCUT2D eigenvalue weighted by molar-refractivity contribution is 9.11. The molecule has 1 aromatic rings. The zero-order chi connectivity index (χ0) is 14.5. The first-order valence-corrected chi connectivity index (χ1v) is 9.25. The van der Waals surface area contributed by atoms with Crippen LogP contribution >= 0.6 is 27.3 Å². The molecule has 1 aromatic heterocycles. The quantitative estimate of drug-likeness (QED) is 0.839. The highest BCUT2D eigenvalue weighted by atomic mass is 79.9. The number of hydrogen-bond donors (Lipinski definition) is 1. The Balaban J connectivity index is 1.84. The van der Waals surface area contributed by atoms with Gasteiger partial charge in [0, 0.05) is 26.2 Å². The topological polar surface area (TPSA) is 69.7 Å². The summed E-state index contributed by atoms with van der Waals surface area (Å²) in [4.78, 5) is 13.2. The summed E-state index contributed by atoms with van der Waals surface area (Å²) >= 11 is 4.59. The van der Waals surface area contributed by atoms with Gasteiger partial charge in [0.05, 0.1) is 9.83 Å². The number of piperazine rings is 1. The second kappa shape index (κ2) is 4.97. The first-order chi connectivity index (χ1) is 9.39. The summed E-state index contributed by atoms with van der Waals surface area (Å²) in [6, 6.07) is 1.53. The number of nitrogens with zero attached hydrogens (tertiary/aromatic N) is 2. The average Bonchev–Trinajstić information content (AvgIpc) is 2.94. The summed E-state index contributed by atoms with van der Waals surface area (Å²) in [5, 5.41) is 2.75. The van der Waals surface area contributed by atoms with Crippen molar-refractivity contribution in [3.8, 4) is 0 Å². The van der Waals surface area contributed by atoms with Crippen molar-refractivity contribution in [2.75, 3.05) is 26.2 Å². The SMILES string of the molecule is Cc1cc(S(=O)(=O)N2CCN3C(=O)NCC3C2)sc1Br. The zero-order valence-corrected chi connectivity index (χ0v) is 14.0. The minimum atomic E-state index is -3.46. The van der Waals surface area contributed by atoms with Gasteiger partial charge in [0.25, 0.3) is 10.0 Å². The molecule has 3 rings (SSSR count). The summed E-state index contributed by atoms with van der Waals surface area (Å²) in [6.07, 6.45) is 0. The molecular formula is C11H14BrN3O3S2. The summed E-state index contributed by atoms with van der Waals surface area (Å²) in [6.45, 7) is 3.53. The van der Waals surface area contributed by atoms with Gasteiger partial charge >= 0.3 is 6.03 Å². The first kappa shape index (κ1) is 14.3. The van der Waals surface area contributed by atoms with Crippen molar-refractivity contribution >= 4 is 43.3 Å². The molecule has 2 saturated heterocycles. The lowest BCUT2D eigenvalue weighted by Gasteiger charge is -2.35. The molecule has 2 aliphatic rings. The minimum Gasteiger partial charge on any atom is -0.336 e. The van der Waals surface area contributed by atoms with Crippen LogP contribution in [0.4, 0.5) is 4.79 Å². The number of urea groups is 1. The van der Waals surface area contributed by atoms with Crippen molar-refractivity contribution in [1.82, 2.24) is 14.5 Å². The Morgan fingerprint density at radius 2 is 2.20 bits per heavy atom. The predicted octanol–water partition coefficient (Wildman–Crippen LogP) is 1.22. The molecule has 9 heteroatoms. The van der Waals surface area contributed by atoms with E-state index in [4.69, 9.17) is 0 Å². The molecule has 0 saturated carbocycles. The van der Waals surface area contributed by atoms with Crippen LogP contribution in [0.5, 0.6) is 0 Å². The van der Waals surface area contributed by atoms with E-state index >= 15 is 0 Å². The van der Waals surface area contributed by atoms with Gasteiger partial charge in [-0.3, -0.25) is 0 Å². The molecule has 20 heavy (non-hydrogen) atoms. The van der Waals surface area contributed by atoms with Gasteiger partial charge in [0.15, 0.2) is 0 Å². The monoisotopic (exact) mass is 379 g/mol. The van der Waals surface area contributed by atoms with E-state index in [-0.39, 0.29) is 12.1 Å². The van der Waals surface area contributed by atoms with Crippen LogP contribution in [0.15, 0.2) is 14.1 Å². The molecule has 0 aliphatic carbocycles. The normalized spacial score (nSPS) is 23.8. The lowest BCUT2D eigenvalue weighted by Crippen LogP contribution is -2.53. The number of halogens is 1. The lowest BCUT2D eigenvalue weighted by atomic mass is 10.2. The van der Waals surface area contributed by atoms with Crippen molar-refractivity contribution in [2.45, 2.75) is 17.2 Å². The molecule has 3 heterocycles. The number of thiophene rings is 1. The maximum Gasteiger partial charge on any atom is 0.317 e. The van der Waals surface area contributed by atoms with Crippen LogP contribution in [0.1, 0.15) is 5.56 Å². The second-order valence-corrected chi connectivity index (χ2v) is 9.45. The van der Waals surface area contributed by atoms with E-state index in [0.717, 1.165) is 9.35 Å². The largest absolute Gasteiger partial charge is 0.336 e. The van der Waals surface area contributed by atoms with Crippen molar-refractivity contribution in [2.24, 2.45) is 0 Å². The Bertz CT molecular complexity index is 638. The number of fused-ring (bicyclic) bond motifs is 1. The highest BCUT2D eigenvalue weighted by Crippen LogP contribution is 2.33. The number of carbonyl (C=O) groups is 1. The van der Waals surface area contributed by atoms with E-state index in [1.807, 2.05) is 6.92 Å². The number of hydrogen-bond acceptors (Lipinski definition) is 4. The van der Waals surface area contributed by atoms with Gasteiger partial charge in [-0.2, -0.15) is 4.31 Å². The molecule has 0 aromatic carbocycles. The molecule has 110 valence electrons. The highest BCUT2D eigenvalue weighted by Gasteiger charge is 2.40. The third-order valence-electron chi connectivity index (χ3n) is 3.62. The van der Waals surface area contributed by atoms with Crippen LogP contribution in [0.3, 0.4) is 0 Å². The summed E-state index contributed by atoms with van der Waals surface area (Å²) in [5.41, 5.74) is 0.921. The maximum absolute atomic E-state index is 12.6. The summed E-state index contributed by atoms with van der Waals surface area (Å²) in [7, 11) is -3.46. The standard InChI is InChI=1S/C11H14BrN3O3S2/c1-7-4-9(19-10(7)12)20(17,18)14-2-3-15-8(6-14)5-13-11(15)16/h4,8H,2-3,5-6H2,1H3,(H,13,16). The summed E-state index contributed by atoms with van der Waals surface area (Å²) in [5.74, 6) is 0. The van der Waals surface area contributed by atoms with E-state index in [1.165, 1.54) is 15.6 Å². The van der Waals surface area contributed by atoms with Crippen molar-refractivity contribution < 1.29 is 13.2 Å². The van der Waals surface area contributed by atoms with Crippen LogP contribution in [0.2, 0.25) is 0 Å². The van der Waals surface area contributed by atoms with Gasteiger partial charge in [0.2, 0.25) is 0 Å². The molecule has 0 bridgehead atoms. The average molecular weight is 380 g/mol. The Morgan fingerprint density at radius 1 is 1.45 bits per heavy atom. The summed E-state index contributed by atoms with van der Waals surface area (Å²) < 4.78 is 27.9. The van der Waals surface area contributed by atoms with Crippen LogP contribution in [0.25, 0.3) is 0 Å². The molecule has 2 aliphatic heterocycles. The third-order valence-corrected chi connectivity index (χ3v) is 8.07. The molecule has 6 nitrogen and oxygen atoms in total. The van der Waals surface area contributed by atoms with Crippen molar-refractivity contribution in [3.63, 3.8) is 0 Å². The smallest absolute Gasteiger partial charge is 0.317 e. The fourth-order valence-corrected chi connectivity index (χ4v) is 6.33. The first-order valence-electron chi connectivity index (χ1n) is 6.20. The zero-order valence-electron chi connectivity index (χ0n) is 10.8. The van der Waals surface area contributed by atoms with Gasteiger partial charge in [0.1, 0.15) is 4.21 Å². The number of aryl methyl sites for hydroxylation is 1. The third kappa shape index (κ3) is 2.26.